The number of guanidine groups is 1. The molecule has 3 saturated heterocycles. The first-order chi connectivity index (χ1) is 13.7. The van der Waals surface area contributed by atoms with E-state index >= 15 is 0 Å². The molecule has 3 fully saturated rings. The van der Waals surface area contributed by atoms with Gasteiger partial charge >= 0.3 is 0 Å². The van der Waals surface area contributed by atoms with Gasteiger partial charge in [0, 0.05) is 51.8 Å². The summed E-state index contributed by atoms with van der Waals surface area (Å²) < 4.78 is 5.68. The van der Waals surface area contributed by atoms with Gasteiger partial charge in [-0.05, 0) is 49.3 Å². The molecule has 6 heteroatoms. The van der Waals surface area contributed by atoms with Crippen molar-refractivity contribution in [2.24, 2.45) is 16.3 Å². The van der Waals surface area contributed by atoms with Crippen LogP contribution >= 0.6 is 24.0 Å². The lowest BCUT2D eigenvalue weighted by Crippen LogP contribution is -2.41. The summed E-state index contributed by atoms with van der Waals surface area (Å²) in [6.45, 7) is 10.7. The van der Waals surface area contributed by atoms with Crippen molar-refractivity contribution in [3.05, 3.63) is 35.4 Å². The molecule has 0 aromatic heterocycles. The van der Waals surface area contributed by atoms with Crippen molar-refractivity contribution in [3.63, 3.8) is 0 Å². The monoisotopic (exact) mass is 512 g/mol. The summed E-state index contributed by atoms with van der Waals surface area (Å²) in [4.78, 5) is 9.61. The fraction of sp³-hybridized carbons (Fsp3) is 0.696. The number of nitrogens with zero attached hydrogens (tertiary/aromatic N) is 3. The molecule has 0 saturated carbocycles. The maximum atomic E-state index is 5.68. The van der Waals surface area contributed by atoms with Crippen LogP contribution < -0.4 is 5.32 Å². The van der Waals surface area contributed by atoms with Crippen LogP contribution in [0, 0.1) is 11.3 Å². The smallest absolute Gasteiger partial charge is 0.193 e. The van der Waals surface area contributed by atoms with E-state index in [0.29, 0.717) is 5.41 Å². The Balaban J connectivity index is 0.00000240. The van der Waals surface area contributed by atoms with Gasteiger partial charge in [-0.1, -0.05) is 31.2 Å². The van der Waals surface area contributed by atoms with Crippen LogP contribution in [-0.2, 0) is 17.8 Å². The Morgan fingerprint density at radius 1 is 1.24 bits per heavy atom. The van der Waals surface area contributed by atoms with Gasteiger partial charge in [-0.3, -0.25) is 9.89 Å². The molecule has 1 aromatic carbocycles. The van der Waals surface area contributed by atoms with E-state index in [-0.39, 0.29) is 24.0 Å². The second kappa shape index (κ2) is 10.4. The van der Waals surface area contributed by atoms with Crippen LogP contribution in [0.2, 0.25) is 0 Å². The van der Waals surface area contributed by atoms with E-state index in [1.807, 2.05) is 7.05 Å². The predicted octanol–water partition coefficient (Wildman–Crippen LogP) is 3.72. The number of hydrogen-bond donors (Lipinski definition) is 1. The third-order valence-corrected chi connectivity index (χ3v) is 6.83. The zero-order chi connectivity index (χ0) is 19.4. The Bertz CT molecular complexity index is 689. The molecule has 0 bridgehead atoms. The van der Waals surface area contributed by atoms with Crippen molar-refractivity contribution in [2.45, 2.75) is 45.7 Å². The van der Waals surface area contributed by atoms with E-state index < -0.39 is 0 Å². The number of halogens is 1. The van der Waals surface area contributed by atoms with Gasteiger partial charge in [0.05, 0.1) is 6.61 Å². The summed E-state index contributed by atoms with van der Waals surface area (Å²) in [5.41, 5.74) is 3.20. The second-order valence-electron chi connectivity index (χ2n) is 9.13. The Labute approximate surface area is 193 Å². The molecular weight excluding hydrogens is 475 g/mol. The van der Waals surface area contributed by atoms with Crippen molar-refractivity contribution >= 4 is 29.9 Å². The Morgan fingerprint density at radius 2 is 2.07 bits per heavy atom. The van der Waals surface area contributed by atoms with E-state index in [0.717, 1.165) is 51.3 Å². The highest BCUT2D eigenvalue weighted by Crippen LogP contribution is 2.38. The highest BCUT2D eigenvalue weighted by molar-refractivity contribution is 14.0. The molecule has 1 N–H and O–H groups in total. The number of rotatable bonds is 4. The lowest BCUT2D eigenvalue weighted by molar-refractivity contribution is 0.156. The molecule has 3 aliphatic rings. The average molecular weight is 512 g/mol. The van der Waals surface area contributed by atoms with Crippen molar-refractivity contribution in [1.82, 2.24) is 15.1 Å². The lowest BCUT2D eigenvalue weighted by atomic mass is 9.87. The zero-order valence-electron chi connectivity index (χ0n) is 18.0. The summed E-state index contributed by atoms with van der Waals surface area (Å²) in [5, 5.41) is 3.64. The van der Waals surface area contributed by atoms with Gasteiger partial charge in [0.25, 0.3) is 0 Å². The summed E-state index contributed by atoms with van der Waals surface area (Å²) >= 11 is 0. The molecule has 3 aliphatic heterocycles. The molecule has 5 nitrogen and oxygen atoms in total. The number of hydrogen-bond acceptors (Lipinski definition) is 3. The third-order valence-electron chi connectivity index (χ3n) is 6.83. The van der Waals surface area contributed by atoms with Crippen molar-refractivity contribution in [3.8, 4) is 0 Å². The molecule has 2 atom stereocenters. The van der Waals surface area contributed by atoms with Crippen LogP contribution in [0.25, 0.3) is 0 Å². The van der Waals surface area contributed by atoms with Crippen LogP contribution in [-0.4, -0.2) is 62.2 Å². The van der Waals surface area contributed by atoms with Gasteiger partial charge in [-0.2, -0.15) is 0 Å². The van der Waals surface area contributed by atoms with Crippen LogP contribution in [0.15, 0.2) is 29.3 Å². The molecule has 3 heterocycles. The summed E-state index contributed by atoms with van der Waals surface area (Å²) in [5.74, 6) is 1.85. The Morgan fingerprint density at radius 3 is 2.79 bits per heavy atom. The van der Waals surface area contributed by atoms with Gasteiger partial charge in [0.15, 0.2) is 5.96 Å². The number of likely N-dealkylation sites (tertiary alicyclic amines) is 2. The van der Waals surface area contributed by atoms with Gasteiger partial charge in [-0.25, -0.2) is 0 Å². The van der Waals surface area contributed by atoms with Crippen molar-refractivity contribution in [1.29, 1.82) is 0 Å². The quantitative estimate of drug-likeness (QED) is 0.380. The number of piperidine rings is 1. The first-order valence-corrected chi connectivity index (χ1v) is 11.0. The fourth-order valence-corrected chi connectivity index (χ4v) is 5.15. The van der Waals surface area contributed by atoms with Gasteiger partial charge in [0.2, 0.25) is 0 Å². The highest BCUT2D eigenvalue weighted by Gasteiger charge is 2.42. The first kappa shape index (κ1) is 22.8. The molecule has 4 rings (SSSR count). The van der Waals surface area contributed by atoms with Gasteiger partial charge in [-0.15, -0.1) is 24.0 Å². The number of nitrogens with one attached hydrogen (secondary N) is 1. The normalized spacial score (nSPS) is 28.0. The first-order valence-electron chi connectivity index (χ1n) is 11.0. The molecule has 1 spiro atoms. The second-order valence-corrected chi connectivity index (χ2v) is 9.13. The summed E-state index contributed by atoms with van der Waals surface area (Å²) in [6.07, 6.45) is 5.11. The molecule has 0 aliphatic carbocycles. The number of benzene rings is 1. The van der Waals surface area contributed by atoms with Crippen LogP contribution in [0.3, 0.4) is 0 Å². The van der Waals surface area contributed by atoms with Crippen molar-refractivity contribution < 1.29 is 4.74 Å². The van der Waals surface area contributed by atoms with E-state index in [4.69, 9.17) is 4.74 Å². The highest BCUT2D eigenvalue weighted by atomic mass is 127. The van der Waals surface area contributed by atoms with Crippen LogP contribution in [0.1, 0.15) is 43.7 Å². The SMILES string of the molecule is CN=C(NCc1ccccc1CN1CCCC(C)C1)N1CCC2(CCOC2)C1.I. The minimum absolute atomic E-state index is 0. The van der Waals surface area contributed by atoms with Crippen LogP contribution in [0.5, 0.6) is 0 Å². The molecule has 0 radical (unpaired) electrons. The summed E-state index contributed by atoms with van der Waals surface area (Å²) in [6, 6.07) is 8.88. The largest absolute Gasteiger partial charge is 0.381 e. The van der Waals surface area contributed by atoms with Crippen LogP contribution in [0.4, 0.5) is 0 Å². The predicted molar refractivity (Wildman–Crippen MR) is 130 cm³/mol. The summed E-state index contributed by atoms with van der Waals surface area (Å²) in [7, 11) is 1.90. The molecule has 2 unspecified atom stereocenters. The maximum absolute atomic E-state index is 5.68. The average Bonchev–Trinajstić information content (AvgIpc) is 3.34. The maximum Gasteiger partial charge on any atom is 0.193 e. The molecule has 29 heavy (non-hydrogen) atoms. The van der Waals surface area contributed by atoms with E-state index in [9.17, 15) is 0 Å². The zero-order valence-corrected chi connectivity index (χ0v) is 20.4. The van der Waals surface area contributed by atoms with E-state index in [1.54, 1.807) is 0 Å². The molecule has 0 amide bonds. The molecular formula is C23H37IN4O. The number of aliphatic imine (C=N–C) groups is 1. The molecule has 1 aromatic rings. The Kier molecular flexibility index (Phi) is 8.22. The van der Waals surface area contributed by atoms with E-state index in [1.165, 1.54) is 49.9 Å². The van der Waals surface area contributed by atoms with E-state index in [2.05, 4.69) is 51.3 Å². The lowest BCUT2D eigenvalue weighted by Gasteiger charge is -2.31. The fourth-order valence-electron chi connectivity index (χ4n) is 5.15. The number of ether oxygens (including phenoxy) is 1. The topological polar surface area (TPSA) is 40.1 Å². The Hall–Kier alpha value is -0.860. The van der Waals surface area contributed by atoms with Gasteiger partial charge in [0.1, 0.15) is 0 Å². The van der Waals surface area contributed by atoms with Gasteiger partial charge < -0.3 is 15.0 Å². The minimum Gasteiger partial charge on any atom is -0.381 e. The minimum atomic E-state index is 0. The van der Waals surface area contributed by atoms with Crippen molar-refractivity contribution in [2.75, 3.05) is 46.4 Å². The standard InChI is InChI=1S/C23H36N4O.HI/c1-19-6-5-11-26(15-19)16-21-8-4-3-7-20(21)14-25-22(24-2)27-12-9-23(17-27)10-13-28-18-23;/h3-4,7-8,19H,5-6,9-18H2,1-2H3,(H,24,25);1H. The third kappa shape index (κ3) is 5.64. The molecule has 162 valence electrons.